The van der Waals surface area contributed by atoms with Crippen LogP contribution in [0.3, 0.4) is 0 Å². The molecule has 0 saturated carbocycles. The number of rotatable bonds is 9. The number of nitrogens with zero attached hydrogens (tertiary/aromatic N) is 1. The average Bonchev–Trinajstić information content (AvgIpc) is 3.31. The summed E-state index contributed by atoms with van der Waals surface area (Å²) >= 11 is 1.22. The fraction of sp³-hybridized carbons (Fsp3) is 0.321. The molecule has 2 heterocycles. The average molecular weight is 491 g/mol. The number of hydrogen-bond acceptors (Lipinski definition) is 4. The summed E-state index contributed by atoms with van der Waals surface area (Å²) in [4.78, 5) is 38.9. The summed E-state index contributed by atoms with van der Waals surface area (Å²) in [6.45, 7) is 1.55. The fourth-order valence-electron chi connectivity index (χ4n) is 4.59. The zero-order chi connectivity index (χ0) is 24.6. The largest absolute Gasteiger partial charge is 0.478 e. The number of carboxylic acids is 1. The van der Waals surface area contributed by atoms with Crippen LogP contribution < -0.4 is 5.32 Å². The Balaban J connectivity index is 1.21. The number of hydrogen-bond donors (Lipinski definition) is 2. The molecule has 2 aromatic carbocycles. The van der Waals surface area contributed by atoms with Gasteiger partial charge in [-0.05, 0) is 42.7 Å². The lowest BCUT2D eigenvalue weighted by Crippen LogP contribution is -2.37. The van der Waals surface area contributed by atoms with Crippen molar-refractivity contribution in [2.75, 3.05) is 18.4 Å². The van der Waals surface area contributed by atoms with E-state index in [9.17, 15) is 19.5 Å². The Labute approximate surface area is 209 Å². The van der Waals surface area contributed by atoms with E-state index in [1.54, 1.807) is 5.38 Å². The van der Waals surface area contributed by atoms with Gasteiger partial charge in [0.25, 0.3) is 0 Å². The number of carboxylic acid groups (broad SMARTS) is 1. The standard InChI is InChI=1S/C28H30N2O4S/c31-24(29-27-26(28(33)34)23(19-35-27)22-11-5-2-6-12-22)13-7-8-14-25(32)30-17-15-21(16-18-30)20-9-3-1-4-10-20/h1-6,9-12,19,21H,7-8,13-18H2,(H,29,31)(H,33,34). The van der Waals surface area contributed by atoms with Crippen molar-refractivity contribution in [3.05, 3.63) is 77.2 Å². The number of unbranched alkanes of at least 4 members (excludes halogenated alkanes) is 1. The van der Waals surface area contributed by atoms with Gasteiger partial charge in [0.1, 0.15) is 10.6 Å². The third-order valence-electron chi connectivity index (χ3n) is 6.51. The smallest absolute Gasteiger partial charge is 0.339 e. The van der Waals surface area contributed by atoms with Crippen LogP contribution in [0.2, 0.25) is 0 Å². The molecule has 6 nitrogen and oxygen atoms in total. The number of piperidine rings is 1. The van der Waals surface area contributed by atoms with Gasteiger partial charge in [0.2, 0.25) is 11.8 Å². The summed E-state index contributed by atoms with van der Waals surface area (Å²) in [5.41, 5.74) is 2.86. The van der Waals surface area contributed by atoms with Crippen molar-refractivity contribution in [3.8, 4) is 11.1 Å². The fourth-order valence-corrected chi connectivity index (χ4v) is 5.57. The number of aromatic carboxylic acids is 1. The van der Waals surface area contributed by atoms with Gasteiger partial charge in [-0.25, -0.2) is 4.79 Å². The summed E-state index contributed by atoms with van der Waals surface area (Å²) in [5, 5.41) is 14.6. The Bertz CT molecular complexity index is 1150. The van der Waals surface area contributed by atoms with Crippen LogP contribution in [0.1, 0.15) is 60.4 Å². The minimum atomic E-state index is -1.07. The van der Waals surface area contributed by atoms with Crippen molar-refractivity contribution in [2.45, 2.75) is 44.4 Å². The van der Waals surface area contributed by atoms with Crippen LogP contribution in [0.25, 0.3) is 11.1 Å². The lowest BCUT2D eigenvalue weighted by Gasteiger charge is -2.32. The Hall–Kier alpha value is -3.45. The zero-order valence-corrected chi connectivity index (χ0v) is 20.4. The van der Waals surface area contributed by atoms with Crippen molar-refractivity contribution in [1.82, 2.24) is 4.90 Å². The Morgan fingerprint density at radius 1 is 0.914 bits per heavy atom. The van der Waals surface area contributed by atoms with Gasteiger partial charge in [0.05, 0.1) is 0 Å². The second kappa shape index (κ2) is 11.8. The monoisotopic (exact) mass is 490 g/mol. The predicted molar refractivity (Wildman–Crippen MR) is 139 cm³/mol. The number of carbonyl (C=O) groups is 3. The first-order valence-corrected chi connectivity index (χ1v) is 12.9. The van der Waals surface area contributed by atoms with E-state index in [4.69, 9.17) is 0 Å². The summed E-state index contributed by atoms with van der Waals surface area (Å²) in [6.07, 6.45) is 3.86. The van der Waals surface area contributed by atoms with E-state index in [0.717, 1.165) is 31.5 Å². The van der Waals surface area contributed by atoms with Gasteiger partial charge in [0, 0.05) is 36.9 Å². The Morgan fingerprint density at radius 3 is 2.20 bits per heavy atom. The minimum absolute atomic E-state index is 0.114. The second-order valence-electron chi connectivity index (χ2n) is 8.85. The molecule has 0 unspecified atom stereocenters. The van der Waals surface area contributed by atoms with E-state index in [-0.39, 0.29) is 23.8 Å². The van der Waals surface area contributed by atoms with Gasteiger partial charge >= 0.3 is 5.97 Å². The molecule has 0 spiro atoms. The van der Waals surface area contributed by atoms with Crippen molar-refractivity contribution in [3.63, 3.8) is 0 Å². The number of benzene rings is 2. The second-order valence-corrected chi connectivity index (χ2v) is 9.73. The van der Waals surface area contributed by atoms with Crippen LogP contribution in [0.5, 0.6) is 0 Å². The first-order chi connectivity index (χ1) is 17.0. The maximum absolute atomic E-state index is 12.6. The summed E-state index contributed by atoms with van der Waals surface area (Å²) < 4.78 is 0. The molecule has 7 heteroatoms. The Kier molecular flexibility index (Phi) is 8.32. The van der Waals surface area contributed by atoms with E-state index in [1.165, 1.54) is 16.9 Å². The zero-order valence-electron chi connectivity index (χ0n) is 19.6. The van der Waals surface area contributed by atoms with Crippen LogP contribution in [-0.2, 0) is 9.59 Å². The van der Waals surface area contributed by atoms with Crippen molar-refractivity contribution < 1.29 is 19.5 Å². The molecule has 35 heavy (non-hydrogen) atoms. The van der Waals surface area contributed by atoms with Crippen molar-refractivity contribution >= 4 is 34.1 Å². The number of thiophene rings is 1. The summed E-state index contributed by atoms with van der Waals surface area (Å²) in [6, 6.07) is 19.7. The molecule has 0 aliphatic carbocycles. The molecular formula is C28H30N2O4S. The van der Waals surface area contributed by atoms with Crippen molar-refractivity contribution in [2.24, 2.45) is 0 Å². The molecule has 0 bridgehead atoms. The van der Waals surface area contributed by atoms with Gasteiger partial charge in [-0.15, -0.1) is 11.3 Å². The van der Waals surface area contributed by atoms with E-state index in [1.807, 2.05) is 41.3 Å². The molecule has 1 fully saturated rings. The minimum Gasteiger partial charge on any atom is -0.478 e. The molecule has 3 aromatic rings. The normalized spacial score (nSPS) is 14.0. The molecular weight excluding hydrogens is 460 g/mol. The topological polar surface area (TPSA) is 86.7 Å². The number of carbonyl (C=O) groups excluding carboxylic acids is 2. The van der Waals surface area contributed by atoms with E-state index in [2.05, 4.69) is 29.6 Å². The Morgan fingerprint density at radius 2 is 1.54 bits per heavy atom. The van der Waals surface area contributed by atoms with Gasteiger partial charge in [0.15, 0.2) is 0 Å². The molecule has 1 aromatic heterocycles. The first-order valence-electron chi connectivity index (χ1n) is 12.1. The lowest BCUT2D eigenvalue weighted by atomic mass is 9.89. The maximum Gasteiger partial charge on any atom is 0.339 e. The number of amides is 2. The highest BCUT2D eigenvalue weighted by atomic mass is 32.1. The molecule has 1 aliphatic rings. The molecule has 2 N–H and O–H groups in total. The van der Waals surface area contributed by atoms with Crippen molar-refractivity contribution in [1.29, 1.82) is 0 Å². The van der Waals surface area contributed by atoms with E-state index >= 15 is 0 Å². The quantitative estimate of drug-likeness (QED) is 0.359. The summed E-state index contributed by atoms with van der Waals surface area (Å²) in [5.74, 6) is -0.637. The predicted octanol–water partition coefficient (Wildman–Crippen LogP) is 6.02. The summed E-state index contributed by atoms with van der Waals surface area (Å²) in [7, 11) is 0. The van der Waals surface area contributed by atoms with Crippen LogP contribution in [0, 0.1) is 0 Å². The van der Waals surface area contributed by atoms with Gasteiger partial charge in [-0.3, -0.25) is 9.59 Å². The highest BCUT2D eigenvalue weighted by molar-refractivity contribution is 7.15. The van der Waals surface area contributed by atoms with E-state index in [0.29, 0.717) is 35.7 Å². The molecule has 182 valence electrons. The van der Waals surface area contributed by atoms with E-state index < -0.39 is 5.97 Å². The van der Waals surface area contributed by atoms with Gasteiger partial charge in [-0.1, -0.05) is 60.7 Å². The molecule has 1 aliphatic heterocycles. The maximum atomic E-state index is 12.6. The van der Waals surface area contributed by atoms with Crippen LogP contribution in [0.4, 0.5) is 5.00 Å². The third kappa shape index (κ3) is 6.36. The lowest BCUT2D eigenvalue weighted by molar-refractivity contribution is -0.132. The SMILES string of the molecule is O=C(CCCCC(=O)N1CCC(c2ccccc2)CC1)Nc1scc(-c2ccccc2)c1C(=O)O. The molecule has 0 atom stereocenters. The first kappa shape index (κ1) is 24.7. The molecule has 1 saturated heterocycles. The van der Waals surface area contributed by atoms with Crippen LogP contribution in [-0.4, -0.2) is 40.9 Å². The number of nitrogens with one attached hydrogen (secondary N) is 1. The molecule has 4 rings (SSSR count). The van der Waals surface area contributed by atoms with Gasteiger partial charge < -0.3 is 15.3 Å². The third-order valence-corrected chi connectivity index (χ3v) is 7.40. The molecule has 2 amide bonds. The highest BCUT2D eigenvalue weighted by Crippen LogP contribution is 2.35. The highest BCUT2D eigenvalue weighted by Gasteiger charge is 2.24. The van der Waals surface area contributed by atoms with Crippen LogP contribution >= 0.6 is 11.3 Å². The van der Waals surface area contributed by atoms with Gasteiger partial charge in [-0.2, -0.15) is 0 Å². The van der Waals surface area contributed by atoms with Crippen LogP contribution in [0.15, 0.2) is 66.0 Å². The molecule has 0 radical (unpaired) electrons. The number of anilines is 1. The number of likely N-dealkylation sites (tertiary alicyclic amines) is 1.